The van der Waals surface area contributed by atoms with Crippen molar-refractivity contribution in [3.8, 4) is 11.5 Å². The first-order valence-corrected chi connectivity index (χ1v) is 9.78. The van der Waals surface area contributed by atoms with Crippen LogP contribution in [0, 0.1) is 5.82 Å². The second kappa shape index (κ2) is 8.83. The van der Waals surface area contributed by atoms with Crippen molar-refractivity contribution in [1.29, 1.82) is 0 Å². The minimum Gasteiger partial charge on any atom is -0.493 e. The van der Waals surface area contributed by atoms with Gasteiger partial charge in [0.25, 0.3) is 5.91 Å². The Labute approximate surface area is 180 Å². The first-order chi connectivity index (χ1) is 15.1. The normalized spacial score (nSPS) is 14.7. The van der Waals surface area contributed by atoms with E-state index in [0.717, 1.165) is 5.56 Å². The number of para-hydroxylation sites is 1. The van der Waals surface area contributed by atoms with Gasteiger partial charge in [-0.25, -0.2) is 4.39 Å². The van der Waals surface area contributed by atoms with Crippen LogP contribution >= 0.6 is 0 Å². The summed E-state index contributed by atoms with van der Waals surface area (Å²) in [6.07, 6.45) is 1.77. The molecule has 31 heavy (non-hydrogen) atoms. The van der Waals surface area contributed by atoms with Gasteiger partial charge in [0.2, 0.25) is 0 Å². The first kappa shape index (κ1) is 20.3. The Morgan fingerprint density at radius 3 is 2.48 bits per heavy atom. The lowest BCUT2D eigenvalue weighted by Gasteiger charge is -2.12. The van der Waals surface area contributed by atoms with E-state index in [1.54, 1.807) is 43.3 Å². The maximum atomic E-state index is 13.8. The summed E-state index contributed by atoms with van der Waals surface area (Å²) in [5, 5.41) is 5.78. The van der Waals surface area contributed by atoms with E-state index in [1.807, 2.05) is 36.4 Å². The minimum atomic E-state index is -0.319. The molecule has 0 atom stereocenters. The number of ether oxygens (including phenoxy) is 2. The number of nitrogens with zero attached hydrogens (tertiary/aromatic N) is 2. The van der Waals surface area contributed by atoms with Crippen LogP contribution in [-0.2, 0) is 11.4 Å². The van der Waals surface area contributed by atoms with Crippen molar-refractivity contribution < 1.29 is 18.7 Å². The molecule has 0 saturated carbocycles. The van der Waals surface area contributed by atoms with E-state index in [4.69, 9.17) is 9.47 Å². The molecule has 5 nitrogen and oxygen atoms in total. The fourth-order valence-corrected chi connectivity index (χ4v) is 3.26. The number of carbonyl (C=O) groups is 1. The number of methoxy groups -OCH3 is 1. The van der Waals surface area contributed by atoms with Gasteiger partial charge in [-0.2, -0.15) is 10.1 Å². The smallest absolute Gasteiger partial charge is 0.280 e. The largest absolute Gasteiger partial charge is 0.493 e. The van der Waals surface area contributed by atoms with Crippen molar-refractivity contribution in [2.75, 3.05) is 12.1 Å². The summed E-state index contributed by atoms with van der Waals surface area (Å²) in [7, 11) is 1.53. The predicted molar refractivity (Wildman–Crippen MR) is 119 cm³/mol. The van der Waals surface area contributed by atoms with E-state index >= 15 is 0 Å². The first-order valence-electron chi connectivity index (χ1n) is 9.78. The van der Waals surface area contributed by atoms with Crippen molar-refractivity contribution in [3.63, 3.8) is 0 Å². The van der Waals surface area contributed by atoms with Crippen LogP contribution in [-0.4, -0.2) is 18.7 Å². The Morgan fingerprint density at radius 2 is 1.74 bits per heavy atom. The number of halogens is 1. The molecule has 4 rings (SSSR count). The van der Waals surface area contributed by atoms with Gasteiger partial charge in [-0.05, 0) is 48.9 Å². The number of rotatable bonds is 6. The molecular weight excluding hydrogens is 395 g/mol. The standard InChI is InChI=1S/C25H21FN2O3/c1-17-21(25(29)28(27-17)20-9-4-3-5-10-20)14-18-12-13-23(24(15-18)30-2)31-16-19-8-6-7-11-22(19)26/h3-15H,16H2,1-2H3/b21-14-. The Hall–Kier alpha value is -3.93. The molecule has 0 radical (unpaired) electrons. The lowest BCUT2D eigenvalue weighted by atomic mass is 10.1. The lowest BCUT2D eigenvalue weighted by Crippen LogP contribution is -2.21. The molecule has 0 bridgehead atoms. The summed E-state index contributed by atoms with van der Waals surface area (Å²) in [5.41, 5.74) is 3.08. The van der Waals surface area contributed by atoms with Crippen molar-refractivity contribution in [2.45, 2.75) is 13.5 Å². The molecule has 0 aromatic heterocycles. The van der Waals surface area contributed by atoms with Gasteiger partial charge in [0.15, 0.2) is 11.5 Å². The van der Waals surface area contributed by atoms with Crippen LogP contribution in [0.3, 0.4) is 0 Å². The SMILES string of the molecule is COc1cc(/C=C2\C(=O)N(c3ccccc3)N=C2C)ccc1OCc1ccccc1F. The van der Waals surface area contributed by atoms with Gasteiger partial charge in [-0.1, -0.05) is 42.5 Å². The maximum Gasteiger partial charge on any atom is 0.280 e. The molecule has 1 aliphatic heterocycles. The van der Waals surface area contributed by atoms with Gasteiger partial charge in [-0.3, -0.25) is 4.79 Å². The molecule has 3 aromatic carbocycles. The number of hydrazone groups is 1. The van der Waals surface area contributed by atoms with E-state index in [-0.39, 0.29) is 18.3 Å². The van der Waals surface area contributed by atoms with Crippen LogP contribution in [0.1, 0.15) is 18.1 Å². The Morgan fingerprint density at radius 1 is 1.00 bits per heavy atom. The van der Waals surface area contributed by atoms with E-state index in [2.05, 4.69) is 5.10 Å². The average molecular weight is 416 g/mol. The third-order valence-corrected chi connectivity index (χ3v) is 4.90. The molecule has 156 valence electrons. The number of anilines is 1. The molecule has 1 heterocycles. The Kier molecular flexibility index (Phi) is 5.80. The molecule has 1 amide bonds. The molecule has 0 spiro atoms. The van der Waals surface area contributed by atoms with E-state index in [9.17, 15) is 9.18 Å². The van der Waals surface area contributed by atoms with Crippen LogP contribution < -0.4 is 14.5 Å². The molecular formula is C25H21FN2O3. The van der Waals surface area contributed by atoms with Crippen molar-refractivity contribution >= 4 is 23.4 Å². The van der Waals surface area contributed by atoms with Crippen molar-refractivity contribution in [1.82, 2.24) is 0 Å². The summed E-state index contributed by atoms with van der Waals surface area (Å²) in [6.45, 7) is 1.88. The van der Waals surface area contributed by atoms with E-state index < -0.39 is 0 Å². The minimum absolute atomic E-state index is 0.0831. The lowest BCUT2D eigenvalue weighted by molar-refractivity contribution is -0.114. The highest BCUT2D eigenvalue weighted by Crippen LogP contribution is 2.31. The summed E-state index contributed by atoms with van der Waals surface area (Å²) < 4.78 is 25.0. The van der Waals surface area contributed by atoms with Crippen LogP contribution in [0.25, 0.3) is 6.08 Å². The quantitative estimate of drug-likeness (QED) is 0.518. The van der Waals surface area contributed by atoms with Gasteiger partial charge in [0.05, 0.1) is 24.1 Å². The van der Waals surface area contributed by atoms with Crippen LogP contribution in [0.2, 0.25) is 0 Å². The Bertz CT molecular complexity index is 1170. The summed E-state index contributed by atoms with van der Waals surface area (Å²) in [4.78, 5) is 12.9. The number of carbonyl (C=O) groups excluding carboxylic acids is 1. The summed E-state index contributed by atoms with van der Waals surface area (Å²) in [5.74, 6) is 0.468. The highest BCUT2D eigenvalue weighted by Gasteiger charge is 2.28. The second-order valence-electron chi connectivity index (χ2n) is 6.99. The van der Waals surface area contributed by atoms with Crippen LogP contribution in [0.15, 0.2) is 83.5 Å². The Balaban J connectivity index is 1.55. The molecule has 1 aliphatic rings. The molecule has 3 aromatic rings. The van der Waals surface area contributed by atoms with Crippen molar-refractivity contribution in [3.05, 3.63) is 95.3 Å². The number of benzene rings is 3. The number of amides is 1. The molecule has 0 saturated heterocycles. The molecule has 0 aliphatic carbocycles. The molecule has 0 N–H and O–H groups in total. The molecule has 6 heteroatoms. The zero-order valence-electron chi connectivity index (χ0n) is 17.2. The fraction of sp³-hybridized carbons (Fsp3) is 0.120. The number of hydrogen-bond acceptors (Lipinski definition) is 4. The zero-order valence-corrected chi connectivity index (χ0v) is 17.2. The van der Waals surface area contributed by atoms with Crippen molar-refractivity contribution in [2.24, 2.45) is 5.10 Å². The number of hydrogen-bond donors (Lipinski definition) is 0. The van der Waals surface area contributed by atoms with E-state index in [1.165, 1.54) is 18.2 Å². The van der Waals surface area contributed by atoms with Gasteiger partial charge >= 0.3 is 0 Å². The fourth-order valence-electron chi connectivity index (χ4n) is 3.26. The van der Waals surface area contributed by atoms with Gasteiger partial charge in [0.1, 0.15) is 12.4 Å². The average Bonchev–Trinajstić information content (AvgIpc) is 3.08. The highest BCUT2D eigenvalue weighted by molar-refractivity contribution is 6.32. The third-order valence-electron chi connectivity index (χ3n) is 4.90. The summed E-state index contributed by atoms with van der Waals surface area (Å²) in [6, 6.07) is 21.1. The topological polar surface area (TPSA) is 51.1 Å². The van der Waals surface area contributed by atoms with Gasteiger partial charge in [0, 0.05) is 5.56 Å². The van der Waals surface area contributed by atoms with E-state index in [0.29, 0.717) is 34.0 Å². The van der Waals surface area contributed by atoms with Gasteiger partial charge < -0.3 is 9.47 Å². The maximum absolute atomic E-state index is 13.8. The molecule has 0 unspecified atom stereocenters. The predicted octanol–water partition coefficient (Wildman–Crippen LogP) is 5.22. The van der Waals surface area contributed by atoms with Crippen LogP contribution in [0.4, 0.5) is 10.1 Å². The third kappa shape index (κ3) is 4.33. The highest BCUT2D eigenvalue weighted by atomic mass is 19.1. The zero-order chi connectivity index (χ0) is 21.8. The van der Waals surface area contributed by atoms with Crippen LogP contribution in [0.5, 0.6) is 11.5 Å². The summed E-state index contributed by atoms with van der Waals surface area (Å²) >= 11 is 0. The second-order valence-corrected chi connectivity index (χ2v) is 6.99. The monoisotopic (exact) mass is 416 g/mol. The molecule has 0 fully saturated rings. The van der Waals surface area contributed by atoms with Gasteiger partial charge in [-0.15, -0.1) is 0 Å².